The van der Waals surface area contributed by atoms with Gasteiger partial charge in [0.05, 0.1) is 18.7 Å². The maximum absolute atomic E-state index is 12.1. The molecular formula is C21H21NO5. The largest absolute Gasteiger partial charge is 0.496 e. The lowest BCUT2D eigenvalue weighted by atomic mass is 10.1. The van der Waals surface area contributed by atoms with E-state index in [0.29, 0.717) is 17.1 Å². The van der Waals surface area contributed by atoms with Crippen LogP contribution < -0.4 is 10.1 Å². The van der Waals surface area contributed by atoms with Gasteiger partial charge in [0.25, 0.3) is 5.91 Å². The van der Waals surface area contributed by atoms with Gasteiger partial charge >= 0.3 is 5.97 Å². The minimum Gasteiger partial charge on any atom is -0.496 e. The van der Waals surface area contributed by atoms with Crippen molar-refractivity contribution in [2.75, 3.05) is 13.7 Å². The molecule has 0 spiro atoms. The van der Waals surface area contributed by atoms with Crippen molar-refractivity contribution in [3.05, 3.63) is 65.4 Å². The van der Waals surface area contributed by atoms with Gasteiger partial charge in [-0.1, -0.05) is 24.3 Å². The van der Waals surface area contributed by atoms with Crippen LogP contribution in [0.4, 0.5) is 0 Å². The van der Waals surface area contributed by atoms with Gasteiger partial charge in [-0.15, -0.1) is 0 Å². The van der Waals surface area contributed by atoms with Crippen LogP contribution in [0.5, 0.6) is 5.75 Å². The van der Waals surface area contributed by atoms with Crippen molar-refractivity contribution in [3.63, 3.8) is 0 Å². The Balaban J connectivity index is 1.56. The molecule has 0 fully saturated rings. The maximum Gasteiger partial charge on any atom is 0.338 e. The standard InChI is InChI=1S/C21H21NO5/c1-13-8-9-16(11-18(13)25-3)21(24)26-12-20(23)22-14(2)19-10-15-6-4-5-7-17(15)27-19/h4-11,14H,12H2,1-3H3,(H,22,23)/t14-/m1/s1. The zero-order valence-electron chi connectivity index (χ0n) is 15.4. The number of para-hydroxylation sites is 1. The van der Waals surface area contributed by atoms with Crippen molar-refractivity contribution in [2.24, 2.45) is 0 Å². The van der Waals surface area contributed by atoms with E-state index in [2.05, 4.69) is 5.32 Å². The molecule has 0 aliphatic rings. The third-order valence-electron chi connectivity index (χ3n) is 4.23. The molecule has 0 bridgehead atoms. The summed E-state index contributed by atoms with van der Waals surface area (Å²) in [6.07, 6.45) is 0. The lowest BCUT2D eigenvalue weighted by Gasteiger charge is -2.12. The highest BCUT2D eigenvalue weighted by molar-refractivity contribution is 5.92. The zero-order chi connectivity index (χ0) is 19.4. The number of hydrogen-bond donors (Lipinski definition) is 1. The Morgan fingerprint density at radius 2 is 1.93 bits per heavy atom. The molecule has 0 aliphatic carbocycles. The number of nitrogens with one attached hydrogen (secondary N) is 1. The van der Waals surface area contributed by atoms with Gasteiger partial charge in [-0.2, -0.15) is 0 Å². The minimum atomic E-state index is -0.583. The van der Waals surface area contributed by atoms with E-state index in [1.807, 2.05) is 44.2 Å². The molecule has 1 N–H and O–H groups in total. The van der Waals surface area contributed by atoms with Crippen LogP contribution in [0, 0.1) is 6.92 Å². The van der Waals surface area contributed by atoms with Crippen molar-refractivity contribution in [2.45, 2.75) is 19.9 Å². The third-order valence-corrected chi connectivity index (χ3v) is 4.23. The van der Waals surface area contributed by atoms with Crippen molar-refractivity contribution < 1.29 is 23.5 Å². The average Bonchev–Trinajstić information content (AvgIpc) is 3.11. The Morgan fingerprint density at radius 1 is 1.15 bits per heavy atom. The Bertz CT molecular complexity index is 943. The number of methoxy groups -OCH3 is 1. The Kier molecular flexibility index (Phi) is 5.45. The number of carbonyl (C=O) groups excluding carboxylic acids is 2. The van der Waals surface area contributed by atoms with Crippen LogP contribution in [0.2, 0.25) is 0 Å². The normalized spacial score (nSPS) is 11.8. The molecule has 0 unspecified atom stereocenters. The smallest absolute Gasteiger partial charge is 0.338 e. The molecular weight excluding hydrogens is 346 g/mol. The second-order valence-corrected chi connectivity index (χ2v) is 6.24. The molecule has 0 aliphatic heterocycles. The van der Waals surface area contributed by atoms with Crippen LogP contribution >= 0.6 is 0 Å². The lowest BCUT2D eigenvalue weighted by molar-refractivity contribution is -0.125. The molecule has 0 saturated carbocycles. The fraction of sp³-hybridized carbons (Fsp3) is 0.238. The summed E-state index contributed by atoms with van der Waals surface area (Å²) in [5.41, 5.74) is 2.00. The van der Waals surface area contributed by atoms with Crippen molar-refractivity contribution in [3.8, 4) is 5.75 Å². The predicted octanol–water partition coefficient (Wildman–Crippen LogP) is 3.78. The monoisotopic (exact) mass is 367 g/mol. The van der Waals surface area contributed by atoms with E-state index in [1.165, 1.54) is 7.11 Å². The summed E-state index contributed by atoms with van der Waals surface area (Å²) in [6.45, 7) is 3.31. The first-order valence-electron chi connectivity index (χ1n) is 8.57. The Labute approximate surface area is 157 Å². The van der Waals surface area contributed by atoms with Gasteiger partial charge in [0, 0.05) is 5.39 Å². The number of rotatable bonds is 6. The van der Waals surface area contributed by atoms with Gasteiger partial charge in [-0.25, -0.2) is 4.79 Å². The molecule has 3 aromatic rings. The number of hydrogen-bond acceptors (Lipinski definition) is 5. The molecule has 140 valence electrons. The quantitative estimate of drug-likeness (QED) is 0.671. The molecule has 1 aromatic heterocycles. The number of benzene rings is 2. The van der Waals surface area contributed by atoms with Gasteiger partial charge < -0.3 is 19.2 Å². The number of furan rings is 1. The Hall–Kier alpha value is -3.28. The number of amides is 1. The molecule has 1 heterocycles. The number of fused-ring (bicyclic) bond motifs is 1. The van der Waals surface area contributed by atoms with E-state index in [-0.39, 0.29) is 12.6 Å². The van der Waals surface area contributed by atoms with Crippen LogP contribution in [0.1, 0.15) is 34.6 Å². The van der Waals surface area contributed by atoms with Crippen molar-refractivity contribution in [1.82, 2.24) is 5.32 Å². The Morgan fingerprint density at radius 3 is 2.67 bits per heavy atom. The second kappa shape index (κ2) is 7.95. The lowest BCUT2D eigenvalue weighted by Crippen LogP contribution is -2.31. The molecule has 6 heteroatoms. The minimum absolute atomic E-state index is 0.329. The molecule has 6 nitrogen and oxygen atoms in total. The topological polar surface area (TPSA) is 77.8 Å². The van der Waals surface area contributed by atoms with E-state index < -0.39 is 11.9 Å². The fourth-order valence-corrected chi connectivity index (χ4v) is 2.73. The first-order chi connectivity index (χ1) is 13.0. The third kappa shape index (κ3) is 4.28. The highest BCUT2D eigenvalue weighted by Gasteiger charge is 2.16. The van der Waals surface area contributed by atoms with Crippen LogP contribution in [0.15, 0.2) is 52.9 Å². The summed E-state index contributed by atoms with van der Waals surface area (Å²) in [5.74, 6) is 0.238. The number of ether oxygens (including phenoxy) is 2. The van der Waals surface area contributed by atoms with E-state index in [4.69, 9.17) is 13.9 Å². The average molecular weight is 367 g/mol. The van der Waals surface area contributed by atoms with Crippen LogP contribution in [0.25, 0.3) is 11.0 Å². The predicted molar refractivity (Wildman–Crippen MR) is 101 cm³/mol. The van der Waals surface area contributed by atoms with E-state index in [9.17, 15) is 9.59 Å². The number of aryl methyl sites for hydroxylation is 1. The van der Waals surface area contributed by atoms with Gasteiger partial charge in [-0.05, 0) is 43.7 Å². The maximum atomic E-state index is 12.1. The van der Waals surface area contributed by atoms with Crippen LogP contribution in [-0.2, 0) is 9.53 Å². The van der Waals surface area contributed by atoms with Crippen molar-refractivity contribution in [1.29, 1.82) is 0 Å². The van der Waals surface area contributed by atoms with Crippen LogP contribution in [-0.4, -0.2) is 25.6 Å². The molecule has 2 aromatic carbocycles. The van der Waals surface area contributed by atoms with Gasteiger partial charge in [-0.3, -0.25) is 4.79 Å². The van der Waals surface area contributed by atoms with Crippen LogP contribution in [0.3, 0.4) is 0 Å². The fourth-order valence-electron chi connectivity index (χ4n) is 2.73. The summed E-state index contributed by atoms with van der Waals surface area (Å²) < 4.78 is 16.0. The second-order valence-electron chi connectivity index (χ2n) is 6.24. The first-order valence-corrected chi connectivity index (χ1v) is 8.57. The summed E-state index contributed by atoms with van der Waals surface area (Å²) in [7, 11) is 1.53. The van der Waals surface area contributed by atoms with E-state index in [1.54, 1.807) is 18.2 Å². The molecule has 3 rings (SSSR count). The van der Waals surface area contributed by atoms with Gasteiger partial charge in [0.15, 0.2) is 6.61 Å². The molecule has 1 atom stereocenters. The SMILES string of the molecule is COc1cc(C(=O)OCC(=O)N[C@H](C)c2cc3ccccc3o2)ccc1C. The molecule has 0 radical (unpaired) electrons. The highest BCUT2D eigenvalue weighted by Crippen LogP contribution is 2.23. The summed E-state index contributed by atoms with van der Waals surface area (Å²) in [4.78, 5) is 24.2. The highest BCUT2D eigenvalue weighted by atomic mass is 16.5. The van der Waals surface area contributed by atoms with Crippen molar-refractivity contribution >= 4 is 22.8 Å². The van der Waals surface area contributed by atoms with Gasteiger partial charge in [0.1, 0.15) is 17.1 Å². The zero-order valence-corrected chi connectivity index (χ0v) is 15.4. The number of esters is 1. The van der Waals surface area contributed by atoms with E-state index in [0.717, 1.165) is 16.5 Å². The first kappa shape index (κ1) is 18.5. The van der Waals surface area contributed by atoms with Gasteiger partial charge in [0.2, 0.25) is 0 Å². The molecule has 0 saturated heterocycles. The molecule has 27 heavy (non-hydrogen) atoms. The summed E-state index contributed by atoms with van der Waals surface area (Å²) >= 11 is 0. The van der Waals surface area contributed by atoms with E-state index >= 15 is 0 Å². The number of carbonyl (C=O) groups is 2. The molecule has 1 amide bonds. The summed E-state index contributed by atoms with van der Waals surface area (Å²) in [5, 5.41) is 3.73. The summed E-state index contributed by atoms with van der Waals surface area (Å²) in [6, 6.07) is 14.1.